The fourth-order valence-corrected chi connectivity index (χ4v) is 1.47. The van der Waals surface area contributed by atoms with Crippen molar-refractivity contribution in [1.82, 2.24) is 0 Å². The van der Waals surface area contributed by atoms with Gasteiger partial charge in [-0.05, 0) is 0 Å². The van der Waals surface area contributed by atoms with E-state index in [4.69, 9.17) is 11.6 Å². The maximum Gasteiger partial charge on any atom is 0.338 e. The minimum Gasteiger partial charge on any atom is -0.261 e. The summed E-state index contributed by atoms with van der Waals surface area (Å²) in [5, 5.41) is 9.01. The number of hydrogen-bond donors (Lipinski definition) is 0. The first-order valence-corrected chi connectivity index (χ1v) is 4.47. The number of benzene rings is 1. The number of rotatable bonds is 1. The van der Waals surface area contributed by atoms with Crippen LogP contribution in [0.1, 0.15) is 0 Å². The van der Waals surface area contributed by atoms with Crippen molar-refractivity contribution in [2.45, 2.75) is 0 Å². The van der Waals surface area contributed by atoms with E-state index in [-0.39, 0.29) is 5.36 Å². The topological polar surface area (TPSA) is 102 Å². The van der Waals surface area contributed by atoms with Crippen molar-refractivity contribution in [2.24, 2.45) is 9.98 Å². The van der Waals surface area contributed by atoms with Gasteiger partial charge >= 0.3 is 17.5 Å². The first kappa shape index (κ1) is 11.3. The molecule has 0 radical (unpaired) electrons. The Kier molecular flexibility index (Phi) is 2.43. The van der Waals surface area contributed by atoms with E-state index >= 15 is 0 Å². The van der Waals surface area contributed by atoms with Crippen molar-refractivity contribution in [3.05, 3.63) is 37.7 Å². The van der Waals surface area contributed by atoms with Crippen LogP contribution in [0.2, 0.25) is 5.02 Å². The van der Waals surface area contributed by atoms with Crippen LogP contribution in [-0.4, -0.2) is 16.7 Å². The van der Waals surface area contributed by atoms with Crippen LogP contribution < -0.4 is 10.7 Å². The first-order valence-electron chi connectivity index (χ1n) is 4.10. The fourth-order valence-electron chi connectivity index (χ4n) is 1.26. The summed E-state index contributed by atoms with van der Waals surface area (Å²) >= 11 is 5.39. The molecule has 1 aromatic rings. The zero-order valence-corrected chi connectivity index (χ0v) is 8.56. The third-order valence-electron chi connectivity index (χ3n) is 1.95. The molecule has 9 heteroatoms. The smallest absolute Gasteiger partial charge is 0.261 e. The molecule has 0 saturated heterocycles. The number of carbonyl (C=O) groups is 2. The van der Waals surface area contributed by atoms with Crippen molar-refractivity contribution < 1.29 is 18.9 Å². The number of hydrogen-bond acceptors (Lipinski definition) is 4. The maximum atomic E-state index is 13.2. The summed E-state index contributed by atoms with van der Waals surface area (Å²) < 4.78 is 13.2. The van der Waals surface area contributed by atoms with Gasteiger partial charge in [0.1, 0.15) is 5.36 Å². The minimum absolute atomic E-state index is 0.386. The molecule has 7 nitrogen and oxygen atoms in total. The molecule has 2 rings (SSSR count). The van der Waals surface area contributed by atoms with Gasteiger partial charge in [0, 0.05) is 6.07 Å². The average molecular weight is 258 g/mol. The van der Waals surface area contributed by atoms with Gasteiger partial charge in [0.2, 0.25) is 0 Å². The Bertz CT molecular complexity index is 700. The molecule has 1 aliphatic rings. The molecule has 86 valence electrons. The Morgan fingerprint density at radius 1 is 1.29 bits per heavy atom. The lowest BCUT2D eigenvalue weighted by Crippen LogP contribution is -2.36. The molecule has 0 spiro atoms. The van der Waals surface area contributed by atoms with Gasteiger partial charge in [-0.2, -0.15) is 4.99 Å². The second-order valence-corrected chi connectivity index (χ2v) is 3.36. The number of fused-ring (bicyclic) bond motifs is 1. The SMILES string of the molecule is O=C1N=c2cc(F)c(Cl)c([N+](=O)[O-])c2=NC1=O. The van der Waals surface area contributed by atoms with Crippen molar-refractivity contribution in [3.8, 4) is 0 Å². The van der Waals surface area contributed by atoms with Crippen LogP contribution in [0.15, 0.2) is 16.1 Å². The van der Waals surface area contributed by atoms with Gasteiger partial charge in [-0.15, -0.1) is 0 Å². The van der Waals surface area contributed by atoms with Gasteiger partial charge in [-0.3, -0.25) is 19.7 Å². The minimum atomic E-state index is -1.26. The van der Waals surface area contributed by atoms with Crippen molar-refractivity contribution in [1.29, 1.82) is 0 Å². The molecule has 0 N–H and O–H groups in total. The van der Waals surface area contributed by atoms with Gasteiger partial charge in [0.05, 0.1) is 4.92 Å². The summed E-state index contributed by atoms with van der Waals surface area (Å²) in [6.45, 7) is 0. The number of halogens is 2. The molecular weight excluding hydrogens is 257 g/mol. The highest BCUT2D eigenvalue weighted by Gasteiger charge is 2.26. The predicted molar refractivity (Wildman–Crippen MR) is 50.4 cm³/mol. The fraction of sp³-hybridized carbons (Fsp3) is 0. The van der Waals surface area contributed by atoms with Crippen molar-refractivity contribution >= 4 is 29.1 Å². The highest BCUT2D eigenvalue weighted by atomic mass is 35.5. The summed E-state index contributed by atoms with van der Waals surface area (Å²) in [5.41, 5.74) is -0.883. The predicted octanol–water partition coefficient (Wildman–Crippen LogP) is -0.307. The van der Waals surface area contributed by atoms with Crippen LogP contribution in [0.3, 0.4) is 0 Å². The molecule has 2 amide bonds. The zero-order valence-electron chi connectivity index (χ0n) is 7.81. The van der Waals surface area contributed by atoms with Gasteiger partial charge < -0.3 is 0 Å². The van der Waals surface area contributed by atoms with Crippen LogP contribution >= 0.6 is 11.6 Å². The Labute approximate surface area is 96.4 Å². The second kappa shape index (κ2) is 3.67. The molecule has 1 aliphatic heterocycles. The number of carbonyl (C=O) groups excluding carboxylic acids is 2. The summed E-state index contributed by atoms with van der Waals surface area (Å²) in [6.07, 6.45) is 0. The van der Waals surface area contributed by atoms with Crippen LogP contribution in [0, 0.1) is 15.9 Å². The van der Waals surface area contributed by atoms with Crippen LogP contribution in [0.4, 0.5) is 10.1 Å². The number of nitro groups is 1. The second-order valence-electron chi connectivity index (χ2n) is 2.98. The van der Waals surface area contributed by atoms with E-state index in [9.17, 15) is 24.1 Å². The van der Waals surface area contributed by atoms with E-state index in [1.165, 1.54) is 0 Å². The van der Waals surface area contributed by atoms with Gasteiger partial charge in [0.25, 0.3) is 0 Å². The van der Waals surface area contributed by atoms with Gasteiger partial charge in [-0.25, -0.2) is 9.38 Å². The van der Waals surface area contributed by atoms with Gasteiger partial charge in [-0.1, -0.05) is 11.6 Å². The van der Waals surface area contributed by atoms with E-state index in [0.717, 1.165) is 0 Å². The van der Waals surface area contributed by atoms with Gasteiger partial charge in [0.15, 0.2) is 16.2 Å². The summed E-state index contributed by atoms with van der Waals surface area (Å²) in [6, 6.07) is 0.707. The Morgan fingerprint density at radius 2 is 1.88 bits per heavy atom. The van der Waals surface area contributed by atoms with Crippen LogP contribution in [0.5, 0.6) is 0 Å². The van der Waals surface area contributed by atoms with E-state index < -0.39 is 38.6 Å². The van der Waals surface area contributed by atoms with Crippen molar-refractivity contribution in [2.75, 3.05) is 0 Å². The lowest BCUT2D eigenvalue weighted by molar-refractivity contribution is -0.386. The third-order valence-corrected chi connectivity index (χ3v) is 2.31. The number of nitro benzene ring substituents is 1. The molecule has 17 heavy (non-hydrogen) atoms. The molecular formula is C8HClFN3O4. The molecule has 0 bridgehead atoms. The summed E-state index contributed by atoms with van der Waals surface area (Å²) in [7, 11) is 0. The molecule has 0 atom stereocenters. The summed E-state index contributed by atoms with van der Waals surface area (Å²) in [4.78, 5) is 37.9. The Balaban J connectivity index is 3.02. The molecule has 1 aromatic carbocycles. The van der Waals surface area contributed by atoms with E-state index in [1.54, 1.807) is 0 Å². The number of nitrogens with zero attached hydrogens (tertiary/aromatic N) is 3. The largest absolute Gasteiger partial charge is 0.338 e. The molecule has 0 fully saturated rings. The Hall–Kier alpha value is -2.22. The average Bonchev–Trinajstić information content (AvgIpc) is 2.23. The molecule has 1 heterocycles. The highest BCUT2D eigenvalue weighted by Crippen LogP contribution is 2.21. The lowest BCUT2D eigenvalue weighted by Gasteiger charge is -2.01. The van der Waals surface area contributed by atoms with E-state index in [1.807, 2.05) is 0 Å². The van der Waals surface area contributed by atoms with Crippen molar-refractivity contribution in [3.63, 3.8) is 0 Å². The third kappa shape index (κ3) is 1.68. The number of amides is 2. The van der Waals surface area contributed by atoms with Crippen LogP contribution in [-0.2, 0) is 9.59 Å². The summed E-state index contributed by atoms with van der Waals surface area (Å²) in [5.74, 6) is -3.59. The zero-order chi connectivity index (χ0) is 12.7. The Morgan fingerprint density at radius 3 is 2.47 bits per heavy atom. The maximum absolute atomic E-state index is 13.2. The quantitative estimate of drug-likeness (QED) is 0.391. The molecule has 0 saturated carbocycles. The normalized spacial score (nSPS) is 13.8. The van der Waals surface area contributed by atoms with E-state index in [2.05, 4.69) is 9.98 Å². The lowest BCUT2D eigenvalue weighted by atomic mass is 10.2. The standard InChI is InChI=1S/C8HClFN3O4/c9-4-2(10)1-3-5(6(4)13(16)17)12-8(15)7(14)11-3/h1H. The van der Waals surface area contributed by atoms with E-state index in [0.29, 0.717) is 6.07 Å². The monoisotopic (exact) mass is 257 g/mol. The highest BCUT2D eigenvalue weighted by molar-refractivity contribution is 6.36. The molecule has 0 aliphatic carbocycles. The molecule has 0 aromatic heterocycles. The first-order chi connectivity index (χ1) is 7.91. The molecule has 0 unspecified atom stereocenters. The van der Waals surface area contributed by atoms with Crippen LogP contribution in [0.25, 0.3) is 0 Å².